The van der Waals surface area contributed by atoms with Gasteiger partial charge in [0.25, 0.3) is 0 Å². The highest BCUT2D eigenvalue weighted by Gasteiger charge is 2.33. The minimum Gasteiger partial charge on any atom is -0.453 e. The predicted molar refractivity (Wildman–Crippen MR) is 108 cm³/mol. The van der Waals surface area contributed by atoms with Gasteiger partial charge in [-0.2, -0.15) is 0 Å². The zero-order chi connectivity index (χ0) is 19.6. The van der Waals surface area contributed by atoms with Crippen LogP contribution in [0.4, 0.5) is 10.5 Å². The maximum atomic E-state index is 12.5. The Bertz CT molecular complexity index is 817. The summed E-state index contributed by atoms with van der Waals surface area (Å²) in [6.45, 7) is 14.4. The SMILES string of the molecule is C=CC1=C(C=C)N(C2C=CCN(C(=O)OC(C)(C)C)C2)c2ccccc2O1. The molecule has 3 rings (SSSR count). The molecule has 0 saturated carbocycles. The molecular weight excluding hydrogens is 340 g/mol. The van der Waals surface area contributed by atoms with Gasteiger partial charge in [-0.15, -0.1) is 0 Å². The summed E-state index contributed by atoms with van der Waals surface area (Å²) in [4.78, 5) is 16.4. The molecule has 1 unspecified atom stereocenters. The van der Waals surface area contributed by atoms with Crippen LogP contribution in [-0.2, 0) is 4.74 Å². The summed E-state index contributed by atoms with van der Waals surface area (Å²) in [5.41, 5.74) is 1.23. The van der Waals surface area contributed by atoms with Gasteiger partial charge in [-0.05, 0) is 45.1 Å². The number of hydrogen-bond acceptors (Lipinski definition) is 4. The number of allylic oxidation sites excluding steroid dienone is 2. The van der Waals surface area contributed by atoms with E-state index in [1.54, 1.807) is 17.1 Å². The molecule has 0 fully saturated rings. The van der Waals surface area contributed by atoms with E-state index in [-0.39, 0.29) is 12.1 Å². The standard InChI is InChI=1S/C22H26N2O3/c1-6-17-19(7-2)26-20-13-9-8-12-18(20)24(17)16-11-10-14-23(15-16)21(25)27-22(3,4)5/h6-13,16H,1-2,14-15H2,3-5H3. The number of nitrogens with zero attached hydrogens (tertiary/aromatic N) is 2. The smallest absolute Gasteiger partial charge is 0.410 e. The third kappa shape index (κ3) is 3.92. The number of rotatable bonds is 3. The number of benzene rings is 1. The Kier molecular flexibility index (Phi) is 5.13. The van der Waals surface area contributed by atoms with Crippen LogP contribution in [0, 0.1) is 0 Å². The molecule has 1 aromatic carbocycles. The lowest BCUT2D eigenvalue weighted by molar-refractivity contribution is 0.0260. The maximum Gasteiger partial charge on any atom is 0.410 e. The van der Waals surface area contributed by atoms with Crippen molar-refractivity contribution in [1.82, 2.24) is 4.90 Å². The number of carbonyl (C=O) groups excluding carboxylic acids is 1. The summed E-state index contributed by atoms with van der Waals surface area (Å²) in [6.07, 6.45) is 7.22. The van der Waals surface area contributed by atoms with E-state index in [1.807, 2.05) is 51.1 Å². The van der Waals surface area contributed by atoms with Gasteiger partial charge in [0.2, 0.25) is 0 Å². The normalized spacial score (nSPS) is 19.3. The van der Waals surface area contributed by atoms with Crippen molar-refractivity contribution in [2.24, 2.45) is 0 Å². The van der Waals surface area contributed by atoms with E-state index < -0.39 is 5.60 Å². The van der Waals surface area contributed by atoms with Crippen LogP contribution < -0.4 is 9.64 Å². The first kappa shape index (κ1) is 18.8. The fraction of sp³-hybridized carbons (Fsp3) is 0.318. The topological polar surface area (TPSA) is 42.0 Å². The molecule has 0 aliphatic carbocycles. The van der Waals surface area contributed by atoms with Gasteiger partial charge < -0.3 is 19.3 Å². The Morgan fingerprint density at radius 1 is 1.26 bits per heavy atom. The van der Waals surface area contributed by atoms with E-state index >= 15 is 0 Å². The van der Waals surface area contributed by atoms with E-state index in [1.165, 1.54) is 0 Å². The summed E-state index contributed by atoms with van der Waals surface area (Å²) >= 11 is 0. The van der Waals surface area contributed by atoms with Crippen molar-refractivity contribution < 1.29 is 14.3 Å². The molecule has 27 heavy (non-hydrogen) atoms. The lowest BCUT2D eigenvalue weighted by Gasteiger charge is -2.41. The molecule has 0 aromatic heterocycles. The molecule has 2 heterocycles. The Balaban J connectivity index is 1.94. The molecule has 1 aromatic rings. The van der Waals surface area contributed by atoms with Crippen LogP contribution in [0.25, 0.3) is 0 Å². The molecule has 0 N–H and O–H groups in total. The first-order valence-electron chi connectivity index (χ1n) is 9.04. The number of para-hydroxylation sites is 2. The molecule has 0 bridgehead atoms. The number of hydrogen-bond donors (Lipinski definition) is 0. The van der Waals surface area contributed by atoms with Gasteiger partial charge in [-0.25, -0.2) is 4.79 Å². The van der Waals surface area contributed by atoms with Crippen molar-refractivity contribution in [3.63, 3.8) is 0 Å². The highest BCUT2D eigenvalue weighted by molar-refractivity contribution is 5.71. The van der Waals surface area contributed by atoms with Crippen LogP contribution in [0.3, 0.4) is 0 Å². The average molecular weight is 366 g/mol. The lowest BCUT2D eigenvalue weighted by Crippen LogP contribution is -2.49. The van der Waals surface area contributed by atoms with Gasteiger partial charge in [0.05, 0.1) is 17.4 Å². The van der Waals surface area contributed by atoms with Crippen LogP contribution in [0.5, 0.6) is 5.75 Å². The van der Waals surface area contributed by atoms with Crippen molar-refractivity contribution in [1.29, 1.82) is 0 Å². The van der Waals surface area contributed by atoms with Gasteiger partial charge in [-0.1, -0.05) is 37.4 Å². The second-order valence-corrected chi connectivity index (χ2v) is 7.48. The van der Waals surface area contributed by atoms with Gasteiger partial charge in [0, 0.05) is 13.1 Å². The van der Waals surface area contributed by atoms with Crippen molar-refractivity contribution >= 4 is 11.8 Å². The fourth-order valence-corrected chi connectivity index (χ4v) is 3.21. The summed E-state index contributed by atoms with van der Waals surface area (Å²) in [5.74, 6) is 1.40. The molecule has 5 nitrogen and oxygen atoms in total. The third-order valence-corrected chi connectivity index (χ3v) is 4.31. The average Bonchev–Trinajstić information content (AvgIpc) is 2.65. The molecule has 1 atom stereocenters. The van der Waals surface area contributed by atoms with Gasteiger partial charge in [0.15, 0.2) is 11.5 Å². The van der Waals surface area contributed by atoms with Crippen LogP contribution in [0.2, 0.25) is 0 Å². The molecule has 0 saturated heterocycles. The van der Waals surface area contributed by atoms with E-state index in [2.05, 4.69) is 24.1 Å². The van der Waals surface area contributed by atoms with E-state index in [0.717, 1.165) is 17.1 Å². The van der Waals surface area contributed by atoms with Crippen LogP contribution in [-0.4, -0.2) is 35.7 Å². The minimum absolute atomic E-state index is 0.0701. The monoisotopic (exact) mass is 366 g/mol. The first-order chi connectivity index (χ1) is 12.8. The molecule has 0 radical (unpaired) electrons. The summed E-state index contributed by atoms with van der Waals surface area (Å²) in [6, 6.07) is 7.75. The molecule has 1 amide bonds. The molecule has 2 aliphatic heterocycles. The molecule has 5 heteroatoms. The van der Waals surface area contributed by atoms with Crippen molar-refractivity contribution in [2.75, 3.05) is 18.0 Å². The molecule has 0 spiro atoms. The Hall–Kier alpha value is -2.95. The predicted octanol–water partition coefficient (Wildman–Crippen LogP) is 4.64. The number of ether oxygens (including phenoxy) is 2. The number of carbonyl (C=O) groups is 1. The Morgan fingerprint density at radius 3 is 2.67 bits per heavy atom. The second kappa shape index (κ2) is 7.35. The zero-order valence-electron chi connectivity index (χ0n) is 16.1. The number of fused-ring (bicyclic) bond motifs is 1. The van der Waals surface area contributed by atoms with Gasteiger partial charge >= 0.3 is 6.09 Å². The Morgan fingerprint density at radius 2 is 2.00 bits per heavy atom. The van der Waals surface area contributed by atoms with Gasteiger partial charge in [0.1, 0.15) is 5.60 Å². The minimum atomic E-state index is -0.526. The summed E-state index contributed by atoms with van der Waals surface area (Å²) in [5, 5.41) is 0. The van der Waals surface area contributed by atoms with Crippen LogP contribution in [0.15, 0.2) is 73.2 Å². The van der Waals surface area contributed by atoms with E-state index in [0.29, 0.717) is 18.8 Å². The van der Waals surface area contributed by atoms with Gasteiger partial charge in [-0.3, -0.25) is 0 Å². The summed E-state index contributed by atoms with van der Waals surface area (Å²) < 4.78 is 11.5. The molecule has 2 aliphatic rings. The fourth-order valence-electron chi connectivity index (χ4n) is 3.21. The van der Waals surface area contributed by atoms with Crippen LogP contribution >= 0.6 is 0 Å². The van der Waals surface area contributed by atoms with Crippen molar-refractivity contribution in [3.8, 4) is 5.75 Å². The molecule has 142 valence electrons. The van der Waals surface area contributed by atoms with Crippen LogP contribution in [0.1, 0.15) is 20.8 Å². The highest BCUT2D eigenvalue weighted by Crippen LogP contribution is 2.40. The zero-order valence-corrected chi connectivity index (χ0v) is 16.1. The first-order valence-corrected chi connectivity index (χ1v) is 9.04. The van der Waals surface area contributed by atoms with Crippen molar-refractivity contribution in [2.45, 2.75) is 32.4 Å². The number of anilines is 1. The lowest BCUT2D eigenvalue weighted by atomic mass is 10.1. The summed E-state index contributed by atoms with van der Waals surface area (Å²) in [7, 11) is 0. The number of amides is 1. The van der Waals surface area contributed by atoms with E-state index in [4.69, 9.17) is 9.47 Å². The Labute approximate surface area is 160 Å². The maximum absolute atomic E-state index is 12.5. The highest BCUT2D eigenvalue weighted by atomic mass is 16.6. The second-order valence-electron chi connectivity index (χ2n) is 7.48. The van der Waals surface area contributed by atoms with E-state index in [9.17, 15) is 4.79 Å². The van der Waals surface area contributed by atoms with Crippen molar-refractivity contribution in [3.05, 3.63) is 73.2 Å². The largest absolute Gasteiger partial charge is 0.453 e. The molecular formula is C22H26N2O3. The third-order valence-electron chi connectivity index (χ3n) is 4.31. The quantitative estimate of drug-likeness (QED) is 0.731.